The van der Waals surface area contributed by atoms with E-state index in [1.165, 1.54) is 0 Å². The molecule has 0 aliphatic heterocycles. The van der Waals surface area contributed by atoms with E-state index in [1.54, 1.807) is 0 Å². The summed E-state index contributed by atoms with van der Waals surface area (Å²) in [6, 6.07) is 1.93. The first-order valence-electron chi connectivity index (χ1n) is 6.92. The smallest absolute Gasteiger partial charge is 0.224 e. The van der Waals surface area contributed by atoms with Crippen LogP contribution in [0, 0.1) is 12.8 Å². The van der Waals surface area contributed by atoms with Gasteiger partial charge < -0.3 is 15.5 Å². The largest absolute Gasteiger partial charge is 0.363 e. The molecule has 1 aromatic heterocycles. The van der Waals surface area contributed by atoms with E-state index in [0.717, 1.165) is 11.5 Å². The summed E-state index contributed by atoms with van der Waals surface area (Å²) in [6.07, 6.45) is 0.561. The molecule has 1 heterocycles. The Morgan fingerprint density at radius 2 is 2.00 bits per heavy atom. The molecule has 0 aliphatic rings. The predicted molar refractivity (Wildman–Crippen MR) is 82.1 cm³/mol. The third kappa shape index (κ3) is 5.86. The molecule has 0 bridgehead atoms. The van der Waals surface area contributed by atoms with Crippen LogP contribution < -0.4 is 15.5 Å². The van der Waals surface area contributed by atoms with E-state index >= 15 is 0 Å². The average molecular weight is 279 g/mol. The third-order valence-corrected chi connectivity index (χ3v) is 2.62. The van der Waals surface area contributed by atoms with Crippen molar-refractivity contribution in [2.45, 2.75) is 27.2 Å². The van der Waals surface area contributed by atoms with E-state index in [2.05, 4.69) is 20.6 Å². The molecule has 0 aromatic carbocycles. The first-order chi connectivity index (χ1) is 9.38. The van der Waals surface area contributed by atoms with E-state index < -0.39 is 0 Å². The van der Waals surface area contributed by atoms with Crippen LogP contribution in [-0.2, 0) is 4.79 Å². The lowest BCUT2D eigenvalue weighted by atomic mass is 10.1. The summed E-state index contributed by atoms with van der Waals surface area (Å²) in [7, 11) is 3.88. The van der Waals surface area contributed by atoms with Crippen LogP contribution in [0.3, 0.4) is 0 Å². The third-order valence-electron chi connectivity index (χ3n) is 2.62. The van der Waals surface area contributed by atoms with Gasteiger partial charge in [-0.2, -0.15) is 4.98 Å². The Balaban J connectivity index is 2.40. The maximum Gasteiger partial charge on any atom is 0.224 e. The first kappa shape index (κ1) is 16.2. The molecule has 0 aliphatic carbocycles. The van der Waals surface area contributed by atoms with Crippen LogP contribution >= 0.6 is 0 Å². The summed E-state index contributed by atoms with van der Waals surface area (Å²) in [5.41, 5.74) is 0.912. The molecular weight excluding hydrogens is 254 g/mol. The lowest BCUT2D eigenvalue weighted by molar-refractivity contribution is -0.121. The molecule has 0 saturated heterocycles. The Hall–Kier alpha value is -1.85. The number of aromatic nitrogens is 2. The van der Waals surface area contributed by atoms with Gasteiger partial charge in [0, 0.05) is 45.4 Å². The molecule has 0 radical (unpaired) electrons. The maximum atomic E-state index is 11.5. The van der Waals surface area contributed by atoms with E-state index in [9.17, 15) is 4.79 Å². The van der Waals surface area contributed by atoms with Crippen molar-refractivity contribution in [3.63, 3.8) is 0 Å². The SMILES string of the molecule is Cc1cc(N(C)C)nc(NCCNC(=O)CC(C)C)n1. The number of nitrogens with zero attached hydrogens (tertiary/aromatic N) is 3. The summed E-state index contributed by atoms with van der Waals surface area (Å²) in [4.78, 5) is 22.1. The minimum Gasteiger partial charge on any atom is -0.363 e. The lowest BCUT2D eigenvalue weighted by Crippen LogP contribution is -2.29. The van der Waals surface area contributed by atoms with Crippen molar-refractivity contribution < 1.29 is 4.79 Å². The van der Waals surface area contributed by atoms with E-state index in [-0.39, 0.29) is 5.91 Å². The number of hydrogen-bond acceptors (Lipinski definition) is 5. The predicted octanol–water partition coefficient (Wildman–Crippen LogP) is 1.43. The number of nitrogens with one attached hydrogen (secondary N) is 2. The fourth-order valence-electron chi connectivity index (χ4n) is 1.68. The Labute approximate surface area is 121 Å². The minimum atomic E-state index is 0.0842. The van der Waals surface area contributed by atoms with Gasteiger partial charge in [-0.3, -0.25) is 4.79 Å². The molecule has 0 unspecified atom stereocenters. The van der Waals surface area contributed by atoms with Crippen LogP contribution in [0.1, 0.15) is 26.0 Å². The second-order valence-electron chi connectivity index (χ2n) is 5.46. The normalized spacial score (nSPS) is 10.5. The van der Waals surface area contributed by atoms with Gasteiger partial charge in [0.25, 0.3) is 0 Å². The van der Waals surface area contributed by atoms with Crippen molar-refractivity contribution in [1.82, 2.24) is 15.3 Å². The molecule has 112 valence electrons. The molecule has 0 fully saturated rings. The number of aryl methyl sites for hydroxylation is 1. The van der Waals surface area contributed by atoms with Crippen LogP contribution in [0.5, 0.6) is 0 Å². The second-order valence-corrected chi connectivity index (χ2v) is 5.46. The zero-order valence-corrected chi connectivity index (χ0v) is 13.0. The van der Waals surface area contributed by atoms with Gasteiger partial charge in [0.05, 0.1) is 0 Å². The van der Waals surface area contributed by atoms with E-state index in [4.69, 9.17) is 0 Å². The van der Waals surface area contributed by atoms with Gasteiger partial charge in [-0.25, -0.2) is 4.98 Å². The van der Waals surface area contributed by atoms with Gasteiger partial charge in [-0.15, -0.1) is 0 Å². The van der Waals surface area contributed by atoms with Crippen LogP contribution in [0.25, 0.3) is 0 Å². The minimum absolute atomic E-state index is 0.0842. The highest BCUT2D eigenvalue weighted by atomic mass is 16.1. The van der Waals surface area contributed by atoms with Crippen LogP contribution in [0.15, 0.2) is 6.07 Å². The Morgan fingerprint density at radius 1 is 1.30 bits per heavy atom. The van der Waals surface area contributed by atoms with Crippen LogP contribution in [0.4, 0.5) is 11.8 Å². The molecule has 2 N–H and O–H groups in total. The van der Waals surface area contributed by atoms with Crippen LogP contribution in [0.2, 0.25) is 0 Å². The zero-order valence-electron chi connectivity index (χ0n) is 13.0. The molecule has 0 spiro atoms. The van der Waals surface area contributed by atoms with Gasteiger partial charge in [0.15, 0.2) is 0 Å². The van der Waals surface area contributed by atoms with Gasteiger partial charge in [-0.05, 0) is 12.8 Å². The Bertz CT molecular complexity index is 445. The van der Waals surface area contributed by atoms with Crippen LogP contribution in [-0.4, -0.2) is 43.1 Å². The highest BCUT2D eigenvalue weighted by Crippen LogP contribution is 2.11. The summed E-state index contributed by atoms with van der Waals surface area (Å²) < 4.78 is 0. The number of rotatable bonds is 7. The first-order valence-corrected chi connectivity index (χ1v) is 6.92. The average Bonchev–Trinajstić information content (AvgIpc) is 2.33. The molecule has 20 heavy (non-hydrogen) atoms. The molecule has 0 atom stereocenters. The topological polar surface area (TPSA) is 70.2 Å². The van der Waals surface area contributed by atoms with Gasteiger partial charge >= 0.3 is 0 Å². The van der Waals surface area contributed by atoms with Crippen molar-refractivity contribution in [3.8, 4) is 0 Å². The quantitative estimate of drug-likeness (QED) is 0.739. The molecule has 0 saturated carbocycles. The van der Waals surface area contributed by atoms with Gasteiger partial charge in [0.2, 0.25) is 11.9 Å². The second kappa shape index (κ2) is 7.67. The standard InChI is InChI=1S/C14H25N5O/c1-10(2)8-13(20)15-6-7-16-14-17-11(3)9-12(18-14)19(4)5/h9-10H,6-8H2,1-5H3,(H,15,20)(H,16,17,18). The fourth-order valence-corrected chi connectivity index (χ4v) is 1.68. The van der Waals surface area contributed by atoms with Crippen molar-refractivity contribution in [2.75, 3.05) is 37.4 Å². The molecule has 6 heteroatoms. The molecule has 1 rings (SSSR count). The number of anilines is 2. The van der Waals surface area contributed by atoms with Gasteiger partial charge in [-0.1, -0.05) is 13.8 Å². The molecule has 6 nitrogen and oxygen atoms in total. The number of carbonyl (C=O) groups is 1. The summed E-state index contributed by atoms with van der Waals surface area (Å²) in [6.45, 7) is 7.17. The Kier molecular flexibility index (Phi) is 6.21. The van der Waals surface area contributed by atoms with Crippen molar-refractivity contribution >= 4 is 17.7 Å². The summed E-state index contributed by atoms with van der Waals surface area (Å²) >= 11 is 0. The highest BCUT2D eigenvalue weighted by molar-refractivity contribution is 5.76. The number of amides is 1. The fraction of sp³-hybridized carbons (Fsp3) is 0.643. The van der Waals surface area contributed by atoms with Crippen molar-refractivity contribution in [1.29, 1.82) is 0 Å². The number of hydrogen-bond donors (Lipinski definition) is 2. The highest BCUT2D eigenvalue weighted by Gasteiger charge is 2.05. The van der Waals surface area contributed by atoms with Crippen molar-refractivity contribution in [3.05, 3.63) is 11.8 Å². The molecule has 1 aromatic rings. The van der Waals surface area contributed by atoms with E-state index in [1.807, 2.05) is 45.8 Å². The summed E-state index contributed by atoms with van der Waals surface area (Å²) in [5, 5.41) is 5.99. The van der Waals surface area contributed by atoms with Gasteiger partial charge in [0.1, 0.15) is 5.82 Å². The van der Waals surface area contributed by atoms with Crippen molar-refractivity contribution in [2.24, 2.45) is 5.92 Å². The molecular formula is C14H25N5O. The molecule has 1 amide bonds. The maximum absolute atomic E-state index is 11.5. The number of carbonyl (C=O) groups excluding carboxylic acids is 1. The Morgan fingerprint density at radius 3 is 2.60 bits per heavy atom. The zero-order chi connectivity index (χ0) is 15.1. The van der Waals surface area contributed by atoms with E-state index in [0.29, 0.717) is 31.4 Å². The lowest BCUT2D eigenvalue weighted by Gasteiger charge is -2.14. The summed E-state index contributed by atoms with van der Waals surface area (Å²) in [5.74, 6) is 1.92. The monoisotopic (exact) mass is 279 g/mol.